The standard InChI is InChI=1S/C31H32N8O2S.3ClH/c1-20-15-23-27(28(22-7-5-4-6-8-22)37(3)29(23)35-16-20)31(41)39-13-11-38(12-14-39)26-18-33-24(17-34-26)30(40)32-10-9-25-21(2)36-19-42-25;;;/h4-8,15-19H,9-14H2,1-3H3,(H,32,40);3*1H. The molecule has 5 heterocycles. The number of hydrogen-bond acceptors (Lipinski definition) is 8. The quantitative estimate of drug-likeness (QED) is 0.247. The third-order valence-electron chi connectivity index (χ3n) is 7.67. The number of rotatable bonds is 7. The minimum atomic E-state index is -0.249. The molecule has 1 aromatic carbocycles. The van der Waals surface area contributed by atoms with Crippen molar-refractivity contribution in [1.29, 1.82) is 0 Å². The molecule has 6 rings (SSSR count). The van der Waals surface area contributed by atoms with Crippen molar-refractivity contribution in [2.24, 2.45) is 7.05 Å². The average molecular weight is 690 g/mol. The molecular formula is C31H35Cl3N8O2S. The minimum absolute atomic E-state index is 0. The SMILES string of the molecule is Cc1cnc2c(c1)c(C(=O)N1CCN(c3cnc(C(=O)NCCc4scnc4C)cn3)CC1)c(-c1ccccc1)n2C.Cl.Cl.Cl. The molecule has 4 aromatic heterocycles. The van der Waals surface area contributed by atoms with Crippen LogP contribution in [0.1, 0.15) is 37.0 Å². The fourth-order valence-electron chi connectivity index (χ4n) is 5.41. The number of amides is 2. The number of carbonyl (C=O) groups excluding carboxylic acids is 2. The van der Waals surface area contributed by atoms with Gasteiger partial charge in [0, 0.05) is 62.7 Å². The van der Waals surface area contributed by atoms with Crippen molar-refractivity contribution in [2.45, 2.75) is 20.3 Å². The Bertz CT molecular complexity index is 1750. The minimum Gasteiger partial charge on any atom is -0.352 e. The van der Waals surface area contributed by atoms with E-state index in [2.05, 4.69) is 30.2 Å². The first-order chi connectivity index (χ1) is 20.4. The molecule has 14 heteroatoms. The van der Waals surface area contributed by atoms with Gasteiger partial charge in [0.05, 0.1) is 34.9 Å². The Kier molecular flexibility index (Phi) is 12.3. The van der Waals surface area contributed by atoms with Gasteiger partial charge in [0.25, 0.3) is 11.8 Å². The smallest absolute Gasteiger partial charge is 0.271 e. The number of anilines is 1. The maximum absolute atomic E-state index is 14.1. The predicted molar refractivity (Wildman–Crippen MR) is 186 cm³/mol. The molecule has 2 amide bonds. The lowest BCUT2D eigenvalue weighted by Crippen LogP contribution is -2.49. The number of aromatic nitrogens is 5. The van der Waals surface area contributed by atoms with Crippen molar-refractivity contribution in [3.63, 3.8) is 0 Å². The Morgan fingerprint density at radius 3 is 2.29 bits per heavy atom. The molecular weight excluding hydrogens is 655 g/mol. The number of pyridine rings is 1. The molecule has 0 bridgehead atoms. The summed E-state index contributed by atoms with van der Waals surface area (Å²) in [5, 5.41) is 3.77. The van der Waals surface area contributed by atoms with Crippen molar-refractivity contribution in [1.82, 2.24) is 34.7 Å². The number of nitrogens with one attached hydrogen (secondary N) is 1. The van der Waals surface area contributed by atoms with Gasteiger partial charge in [-0.15, -0.1) is 48.6 Å². The molecule has 1 aliphatic rings. The van der Waals surface area contributed by atoms with Crippen LogP contribution in [0.4, 0.5) is 5.82 Å². The first kappa shape index (κ1) is 35.7. The summed E-state index contributed by atoms with van der Waals surface area (Å²) in [6.45, 7) is 6.80. The van der Waals surface area contributed by atoms with Gasteiger partial charge in [-0.1, -0.05) is 30.3 Å². The van der Waals surface area contributed by atoms with Crippen LogP contribution < -0.4 is 10.2 Å². The lowest BCUT2D eigenvalue weighted by molar-refractivity contribution is 0.0748. The number of thiazole rings is 1. The van der Waals surface area contributed by atoms with Gasteiger partial charge < -0.3 is 19.7 Å². The summed E-state index contributed by atoms with van der Waals surface area (Å²) in [6.07, 6.45) is 5.71. The molecule has 1 N–H and O–H groups in total. The van der Waals surface area contributed by atoms with E-state index in [0.717, 1.165) is 44.8 Å². The summed E-state index contributed by atoms with van der Waals surface area (Å²) < 4.78 is 2.02. The zero-order chi connectivity index (χ0) is 29.2. The highest BCUT2D eigenvalue weighted by atomic mass is 35.5. The topological polar surface area (TPSA) is 109 Å². The van der Waals surface area contributed by atoms with Gasteiger partial charge in [0.15, 0.2) is 0 Å². The van der Waals surface area contributed by atoms with Crippen LogP contribution in [0.2, 0.25) is 0 Å². The van der Waals surface area contributed by atoms with Gasteiger partial charge in [-0.25, -0.2) is 19.9 Å². The molecule has 1 saturated heterocycles. The number of nitrogens with zero attached hydrogens (tertiary/aromatic N) is 7. The highest BCUT2D eigenvalue weighted by Crippen LogP contribution is 2.34. The normalized spacial score (nSPS) is 12.6. The summed E-state index contributed by atoms with van der Waals surface area (Å²) >= 11 is 1.59. The van der Waals surface area contributed by atoms with Crippen LogP contribution in [0, 0.1) is 13.8 Å². The molecule has 45 heavy (non-hydrogen) atoms. The molecule has 0 radical (unpaired) electrons. The Morgan fingerprint density at radius 2 is 1.64 bits per heavy atom. The van der Waals surface area contributed by atoms with Gasteiger partial charge in [-0.2, -0.15) is 0 Å². The van der Waals surface area contributed by atoms with E-state index in [-0.39, 0.29) is 54.7 Å². The first-order valence-electron chi connectivity index (χ1n) is 13.9. The van der Waals surface area contributed by atoms with E-state index in [1.54, 1.807) is 17.5 Å². The summed E-state index contributed by atoms with van der Waals surface area (Å²) in [5.74, 6) is 0.438. The Hall–Kier alpha value is -3.77. The molecule has 5 aromatic rings. The summed E-state index contributed by atoms with van der Waals surface area (Å²) in [7, 11) is 1.96. The zero-order valence-corrected chi connectivity index (χ0v) is 28.4. The lowest BCUT2D eigenvalue weighted by Gasteiger charge is -2.35. The van der Waals surface area contributed by atoms with E-state index in [0.29, 0.717) is 44.1 Å². The van der Waals surface area contributed by atoms with Gasteiger partial charge in [0.1, 0.15) is 17.2 Å². The number of fused-ring (bicyclic) bond motifs is 1. The van der Waals surface area contributed by atoms with Crippen LogP contribution >= 0.6 is 48.6 Å². The number of carbonyl (C=O) groups is 2. The van der Waals surface area contributed by atoms with Crippen LogP contribution in [0.25, 0.3) is 22.3 Å². The van der Waals surface area contributed by atoms with Crippen molar-refractivity contribution in [2.75, 3.05) is 37.6 Å². The molecule has 0 unspecified atom stereocenters. The summed E-state index contributed by atoms with van der Waals surface area (Å²) in [5.41, 5.74) is 7.44. The molecule has 0 spiro atoms. The number of aryl methyl sites for hydroxylation is 3. The van der Waals surface area contributed by atoms with E-state index in [1.807, 2.05) is 78.5 Å². The van der Waals surface area contributed by atoms with E-state index in [1.165, 1.54) is 6.20 Å². The van der Waals surface area contributed by atoms with E-state index >= 15 is 0 Å². The van der Waals surface area contributed by atoms with Crippen LogP contribution in [0.3, 0.4) is 0 Å². The molecule has 0 saturated carbocycles. The maximum atomic E-state index is 14.1. The lowest BCUT2D eigenvalue weighted by atomic mass is 10.0. The number of halogens is 3. The van der Waals surface area contributed by atoms with Crippen LogP contribution in [0.15, 0.2) is 60.5 Å². The molecule has 0 aliphatic carbocycles. The van der Waals surface area contributed by atoms with E-state index in [4.69, 9.17) is 0 Å². The Balaban J connectivity index is 0.00000184. The monoisotopic (exact) mass is 688 g/mol. The van der Waals surface area contributed by atoms with Crippen molar-refractivity contribution in [3.05, 3.63) is 87.9 Å². The van der Waals surface area contributed by atoms with Crippen molar-refractivity contribution >= 4 is 77.2 Å². The van der Waals surface area contributed by atoms with Gasteiger partial charge in [0.2, 0.25) is 0 Å². The third-order valence-corrected chi connectivity index (χ3v) is 8.66. The average Bonchev–Trinajstić information content (AvgIpc) is 3.56. The van der Waals surface area contributed by atoms with Crippen LogP contribution in [-0.4, -0.2) is 73.9 Å². The van der Waals surface area contributed by atoms with Gasteiger partial charge in [-0.3, -0.25) is 9.59 Å². The second-order valence-electron chi connectivity index (χ2n) is 10.4. The Labute approximate surface area is 284 Å². The summed E-state index contributed by atoms with van der Waals surface area (Å²) in [4.78, 5) is 49.6. The van der Waals surface area contributed by atoms with Crippen LogP contribution in [0.5, 0.6) is 0 Å². The zero-order valence-electron chi connectivity index (χ0n) is 25.1. The van der Waals surface area contributed by atoms with Crippen molar-refractivity contribution < 1.29 is 9.59 Å². The Morgan fingerprint density at radius 1 is 0.911 bits per heavy atom. The number of hydrogen-bond donors (Lipinski definition) is 1. The van der Waals surface area contributed by atoms with Crippen LogP contribution in [-0.2, 0) is 13.5 Å². The largest absolute Gasteiger partial charge is 0.352 e. The van der Waals surface area contributed by atoms with E-state index in [9.17, 15) is 9.59 Å². The second-order valence-corrected chi connectivity index (χ2v) is 11.4. The molecule has 10 nitrogen and oxygen atoms in total. The van der Waals surface area contributed by atoms with Crippen molar-refractivity contribution in [3.8, 4) is 11.3 Å². The predicted octanol–water partition coefficient (Wildman–Crippen LogP) is 5.30. The highest BCUT2D eigenvalue weighted by molar-refractivity contribution is 7.09. The molecule has 1 aliphatic heterocycles. The molecule has 238 valence electrons. The maximum Gasteiger partial charge on any atom is 0.271 e. The number of benzene rings is 1. The molecule has 1 fully saturated rings. The molecule has 0 atom stereocenters. The first-order valence-corrected chi connectivity index (χ1v) is 14.8. The third kappa shape index (κ3) is 7.38. The fourth-order valence-corrected chi connectivity index (χ4v) is 6.19. The fraction of sp³-hybridized carbons (Fsp3) is 0.290. The van der Waals surface area contributed by atoms with Gasteiger partial charge >= 0.3 is 0 Å². The van der Waals surface area contributed by atoms with E-state index < -0.39 is 0 Å². The summed E-state index contributed by atoms with van der Waals surface area (Å²) in [6, 6.07) is 12.0. The number of piperazine rings is 1. The highest BCUT2D eigenvalue weighted by Gasteiger charge is 2.29. The van der Waals surface area contributed by atoms with Gasteiger partial charge in [-0.05, 0) is 31.0 Å². The second kappa shape index (κ2) is 15.5.